The molecule has 0 spiro atoms. The van der Waals surface area contributed by atoms with E-state index in [4.69, 9.17) is 16.1 Å². The predicted molar refractivity (Wildman–Crippen MR) is 74.4 cm³/mol. The quantitative estimate of drug-likeness (QED) is 0.878. The Morgan fingerprint density at radius 2 is 2.37 bits per heavy atom. The van der Waals surface area contributed by atoms with E-state index in [9.17, 15) is 4.79 Å². The summed E-state index contributed by atoms with van der Waals surface area (Å²) < 4.78 is 4.93. The molecule has 2 aromatic rings. The lowest BCUT2D eigenvalue weighted by Gasteiger charge is -2.10. The molecule has 2 rings (SSSR count). The molecule has 0 radical (unpaired) electrons. The molecule has 1 N–H and O–H groups in total. The molecule has 1 amide bonds. The number of aryl methyl sites for hydroxylation is 1. The highest BCUT2D eigenvalue weighted by molar-refractivity contribution is 8.00. The van der Waals surface area contributed by atoms with Crippen molar-refractivity contribution in [1.82, 2.24) is 10.1 Å². The summed E-state index contributed by atoms with van der Waals surface area (Å²) in [5.74, 6) is 0.143. The maximum Gasteiger partial charge on any atom is 0.240 e. The van der Waals surface area contributed by atoms with Crippen LogP contribution in [-0.4, -0.2) is 21.3 Å². The van der Waals surface area contributed by atoms with Crippen LogP contribution >= 0.6 is 23.4 Å². The van der Waals surface area contributed by atoms with Gasteiger partial charge >= 0.3 is 0 Å². The van der Waals surface area contributed by atoms with Gasteiger partial charge in [-0.3, -0.25) is 10.1 Å². The third-order valence-corrected chi connectivity index (χ3v) is 3.79. The number of pyridine rings is 1. The number of rotatable bonds is 4. The van der Waals surface area contributed by atoms with Gasteiger partial charge in [-0.15, -0.1) is 0 Å². The fourth-order valence-corrected chi connectivity index (χ4v) is 2.38. The van der Waals surface area contributed by atoms with Gasteiger partial charge in [-0.2, -0.15) is 0 Å². The number of hydrogen-bond acceptors (Lipinski definition) is 5. The number of aromatic nitrogens is 2. The standard InChI is InChI=1S/C12H12ClN3O2S/c1-7-6-10(18-16-7)15-11(17)8(2)19-12-9(13)4-3-5-14-12/h3-6,8H,1-2H3,(H,15,17)/t8-/m1/s1. The number of anilines is 1. The van der Waals surface area contributed by atoms with Crippen LogP contribution in [0.25, 0.3) is 0 Å². The SMILES string of the molecule is Cc1cc(NC(=O)[C@@H](C)Sc2ncccc2Cl)on1. The van der Waals surface area contributed by atoms with Crippen LogP contribution in [0.5, 0.6) is 0 Å². The van der Waals surface area contributed by atoms with Gasteiger partial charge in [0.25, 0.3) is 0 Å². The molecule has 0 saturated carbocycles. The van der Waals surface area contributed by atoms with Gasteiger partial charge in [-0.1, -0.05) is 28.5 Å². The van der Waals surface area contributed by atoms with Crippen molar-refractivity contribution in [2.75, 3.05) is 5.32 Å². The molecular formula is C12H12ClN3O2S. The lowest BCUT2D eigenvalue weighted by molar-refractivity contribution is -0.115. The van der Waals surface area contributed by atoms with E-state index in [1.165, 1.54) is 11.8 Å². The zero-order valence-electron chi connectivity index (χ0n) is 10.4. The Morgan fingerprint density at radius 3 is 3.00 bits per heavy atom. The second-order valence-corrected chi connectivity index (χ2v) is 5.61. The fourth-order valence-electron chi connectivity index (χ4n) is 1.32. The molecule has 0 aromatic carbocycles. The summed E-state index contributed by atoms with van der Waals surface area (Å²) in [6.45, 7) is 3.55. The van der Waals surface area contributed by atoms with E-state index >= 15 is 0 Å². The molecule has 19 heavy (non-hydrogen) atoms. The normalized spacial score (nSPS) is 12.2. The van der Waals surface area contributed by atoms with Gasteiger partial charge in [0.1, 0.15) is 5.03 Å². The molecule has 0 aliphatic rings. The summed E-state index contributed by atoms with van der Waals surface area (Å²) in [5, 5.41) is 7.15. The zero-order chi connectivity index (χ0) is 13.8. The average Bonchev–Trinajstić information content (AvgIpc) is 2.77. The van der Waals surface area contributed by atoms with E-state index < -0.39 is 0 Å². The monoisotopic (exact) mass is 297 g/mol. The minimum Gasteiger partial charge on any atom is -0.338 e. The van der Waals surface area contributed by atoms with Gasteiger partial charge in [-0.05, 0) is 26.0 Å². The zero-order valence-corrected chi connectivity index (χ0v) is 12.0. The van der Waals surface area contributed by atoms with Crippen LogP contribution in [0, 0.1) is 6.92 Å². The van der Waals surface area contributed by atoms with E-state index in [1.807, 2.05) is 0 Å². The smallest absolute Gasteiger partial charge is 0.240 e. The van der Waals surface area contributed by atoms with Crippen molar-refractivity contribution >= 4 is 35.2 Å². The topological polar surface area (TPSA) is 68.0 Å². The van der Waals surface area contributed by atoms with E-state index in [0.717, 1.165) is 0 Å². The first-order valence-electron chi connectivity index (χ1n) is 5.57. The number of halogens is 1. The number of nitrogens with zero attached hydrogens (tertiary/aromatic N) is 2. The Morgan fingerprint density at radius 1 is 1.58 bits per heavy atom. The van der Waals surface area contributed by atoms with Crippen LogP contribution < -0.4 is 5.32 Å². The highest BCUT2D eigenvalue weighted by atomic mass is 35.5. The molecule has 0 bridgehead atoms. The van der Waals surface area contributed by atoms with Crippen LogP contribution in [0.4, 0.5) is 5.88 Å². The minimum absolute atomic E-state index is 0.192. The van der Waals surface area contributed by atoms with Crippen LogP contribution in [0.2, 0.25) is 5.02 Å². The molecule has 0 aliphatic heterocycles. The molecule has 2 heterocycles. The minimum atomic E-state index is -0.349. The maximum atomic E-state index is 11.9. The summed E-state index contributed by atoms with van der Waals surface area (Å²) in [7, 11) is 0. The molecular weight excluding hydrogens is 286 g/mol. The highest BCUT2D eigenvalue weighted by Crippen LogP contribution is 2.28. The molecule has 0 unspecified atom stereocenters. The van der Waals surface area contributed by atoms with E-state index in [0.29, 0.717) is 21.6 Å². The van der Waals surface area contributed by atoms with Gasteiger partial charge in [-0.25, -0.2) is 4.98 Å². The third-order valence-electron chi connectivity index (χ3n) is 2.26. The van der Waals surface area contributed by atoms with Crippen molar-refractivity contribution in [3.05, 3.63) is 35.1 Å². The van der Waals surface area contributed by atoms with Gasteiger partial charge in [0.15, 0.2) is 0 Å². The first-order chi connectivity index (χ1) is 9.06. The average molecular weight is 298 g/mol. The summed E-state index contributed by atoms with van der Waals surface area (Å²) in [6, 6.07) is 5.14. The maximum absolute atomic E-state index is 11.9. The van der Waals surface area contributed by atoms with Gasteiger partial charge in [0, 0.05) is 12.3 Å². The van der Waals surface area contributed by atoms with Crippen molar-refractivity contribution in [3.8, 4) is 0 Å². The first kappa shape index (κ1) is 13.9. The van der Waals surface area contributed by atoms with Gasteiger partial charge in [0.2, 0.25) is 11.8 Å². The van der Waals surface area contributed by atoms with E-state index in [2.05, 4.69) is 15.5 Å². The Labute approximate surface area is 119 Å². The Balaban J connectivity index is 1.98. The number of carbonyl (C=O) groups excluding carboxylic acids is 1. The van der Waals surface area contributed by atoms with Gasteiger partial charge < -0.3 is 4.52 Å². The van der Waals surface area contributed by atoms with E-state index in [1.54, 1.807) is 38.2 Å². The molecule has 100 valence electrons. The van der Waals surface area contributed by atoms with Crippen molar-refractivity contribution < 1.29 is 9.32 Å². The third kappa shape index (κ3) is 3.71. The molecule has 0 saturated heterocycles. The summed E-state index contributed by atoms with van der Waals surface area (Å²) in [6.07, 6.45) is 1.64. The lowest BCUT2D eigenvalue weighted by atomic mass is 10.4. The molecule has 0 fully saturated rings. The number of nitrogens with one attached hydrogen (secondary N) is 1. The Bertz CT molecular complexity index is 588. The number of amides is 1. The summed E-state index contributed by atoms with van der Waals surface area (Å²) in [4.78, 5) is 16.1. The van der Waals surface area contributed by atoms with Crippen molar-refractivity contribution in [2.45, 2.75) is 24.1 Å². The lowest BCUT2D eigenvalue weighted by Crippen LogP contribution is -2.22. The second kappa shape index (κ2) is 6.08. The first-order valence-corrected chi connectivity index (χ1v) is 6.83. The number of carbonyl (C=O) groups is 1. The highest BCUT2D eigenvalue weighted by Gasteiger charge is 2.18. The van der Waals surface area contributed by atoms with Crippen LogP contribution in [0.15, 0.2) is 33.9 Å². The summed E-state index contributed by atoms with van der Waals surface area (Å²) >= 11 is 7.28. The molecule has 1 atom stereocenters. The molecule has 2 aromatic heterocycles. The van der Waals surface area contributed by atoms with Crippen molar-refractivity contribution in [1.29, 1.82) is 0 Å². The molecule has 5 nitrogen and oxygen atoms in total. The number of thioether (sulfide) groups is 1. The van der Waals surface area contributed by atoms with Crippen molar-refractivity contribution in [2.24, 2.45) is 0 Å². The Kier molecular flexibility index (Phi) is 4.44. The molecule has 0 aliphatic carbocycles. The largest absolute Gasteiger partial charge is 0.338 e. The predicted octanol–water partition coefficient (Wildman–Crippen LogP) is 3.15. The number of hydrogen-bond donors (Lipinski definition) is 1. The summed E-state index contributed by atoms with van der Waals surface area (Å²) in [5.41, 5.74) is 0.711. The van der Waals surface area contributed by atoms with Crippen LogP contribution in [0.1, 0.15) is 12.6 Å². The van der Waals surface area contributed by atoms with Crippen molar-refractivity contribution in [3.63, 3.8) is 0 Å². The fraction of sp³-hybridized carbons (Fsp3) is 0.250. The second-order valence-electron chi connectivity index (χ2n) is 3.87. The Hall–Kier alpha value is -1.53. The van der Waals surface area contributed by atoms with Crippen LogP contribution in [-0.2, 0) is 4.79 Å². The van der Waals surface area contributed by atoms with Gasteiger partial charge in [0.05, 0.1) is 16.0 Å². The van der Waals surface area contributed by atoms with Crippen LogP contribution in [0.3, 0.4) is 0 Å². The molecule has 7 heteroatoms. The van der Waals surface area contributed by atoms with E-state index in [-0.39, 0.29) is 11.2 Å².